The predicted octanol–water partition coefficient (Wildman–Crippen LogP) is 2.77. The molecule has 7 nitrogen and oxygen atoms in total. The number of nitrogens with one attached hydrogen (secondary N) is 1. The minimum atomic E-state index is -0.896. The first-order valence-electron chi connectivity index (χ1n) is 8.97. The van der Waals surface area contributed by atoms with E-state index in [1.807, 2.05) is 51.1 Å². The highest BCUT2D eigenvalue weighted by molar-refractivity contribution is 5.67. The van der Waals surface area contributed by atoms with Crippen LogP contribution in [0.4, 0.5) is 9.59 Å². The largest absolute Gasteiger partial charge is 0.465 e. The average molecular weight is 363 g/mol. The maximum Gasteiger partial charge on any atom is 0.407 e. The van der Waals surface area contributed by atoms with Crippen molar-refractivity contribution in [1.29, 1.82) is 0 Å². The monoisotopic (exact) mass is 363 g/mol. The van der Waals surface area contributed by atoms with E-state index < -0.39 is 17.8 Å². The molecule has 2 rings (SSSR count). The molecule has 0 unspecified atom stereocenters. The summed E-state index contributed by atoms with van der Waals surface area (Å²) >= 11 is 0. The molecule has 7 heteroatoms. The van der Waals surface area contributed by atoms with Crippen LogP contribution in [-0.2, 0) is 11.3 Å². The fourth-order valence-electron chi connectivity index (χ4n) is 3.03. The molecule has 2 N–H and O–H groups in total. The first-order chi connectivity index (χ1) is 12.2. The van der Waals surface area contributed by atoms with Gasteiger partial charge in [0.15, 0.2) is 0 Å². The van der Waals surface area contributed by atoms with Crippen LogP contribution in [0.2, 0.25) is 0 Å². The first-order valence-corrected chi connectivity index (χ1v) is 8.97. The van der Waals surface area contributed by atoms with Crippen molar-refractivity contribution in [3.8, 4) is 0 Å². The summed E-state index contributed by atoms with van der Waals surface area (Å²) in [7, 11) is 0. The molecule has 1 fully saturated rings. The van der Waals surface area contributed by atoms with Gasteiger partial charge in [-0.05, 0) is 32.8 Å². The second-order valence-electron chi connectivity index (χ2n) is 7.57. The van der Waals surface area contributed by atoms with E-state index >= 15 is 0 Å². The fraction of sp³-hybridized carbons (Fsp3) is 0.579. The van der Waals surface area contributed by atoms with Crippen LogP contribution in [-0.4, -0.2) is 64.9 Å². The Hall–Kier alpha value is -2.28. The van der Waals surface area contributed by atoms with Gasteiger partial charge in [-0.3, -0.25) is 9.80 Å². The van der Waals surface area contributed by atoms with Gasteiger partial charge >= 0.3 is 12.2 Å². The summed E-state index contributed by atoms with van der Waals surface area (Å²) in [5.74, 6) is 0. The van der Waals surface area contributed by atoms with E-state index in [0.29, 0.717) is 26.2 Å². The molecule has 1 heterocycles. The third kappa shape index (κ3) is 6.55. The SMILES string of the molecule is CC(C)(C)OC(=O)NCCN1CC[C@H](N(Cc2ccccc2)C(=O)O)C1. The minimum Gasteiger partial charge on any atom is -0.465 e. The topological polar surface area (TPSA) is 82.1 Å². The summed E-state index contributed by atoms with van der Waals surface area (Å²) in [4.78, 5) is 27.0. The van der Waals surface area contributed by atoms with Crippen LogP contribution in [0.25, 0.3) is 0 Å². The fourth-order valence-corrected chi connectivity index (χ4v) is 3.03. The summed E-state index contributed by atoms with van der Waals surface area (Å²) in [6.45, 7) is 8.52. The zero-order chi connectivity index (χ0) is 19.2. The van der Waals surface area contributed by atoms with Gasteiger partial charge in [0.25, 0.3) is 0 Å². The highest BCUT2D eigenvalue weighted by Crippen LogP contribution is 2.18. The van der Waals surface area contributed by atoms with Crippen molar-refractivity contribution >= 4 is 12.2 Å². The number of amides is 2. The molecular formula is C19H29N3O4. The Bertz CT molecular complexity index is 601. The van der Waals surface area contributed by atoms with E-state index in [-0.39, 0.29) is 6.04 Å². The zero-order valence-electron chi connectivity index (χ0n) is 15.8. The Morgan fingerprint density at radius 3 is 2.62 bits per heavy atom. The third-order valence-corrected chi connectivity index (χ3v) is 4.23. The van der Waals surface area contributed by atoms with Crippen molar-refractivity contribution in [1.82, 2.24) is 15.1 Å². The molecule has 0 aliphatic carbocycles. The number of rotatable bonds is 6. The van der Waals surface area contributed by atoms with E-state index in [9.17, 15) is 14.7 Å². The van der Waals surface area contributed by atoms with Gasteiger partial charge < -0.3 is 15.2 Å². The molecule has 0 saturated carbocycles. The number of hydrogen-bond donors (Lipinski definition) is 2. The maximum atomic E-state index is 11.7. The molecule has 26 heavy (non-hydrogen) atoms. The molecule has 1 aliphatic rings. The predicted molar refractivity (Wildman–Crippen MR) is 99.1 cm³/mol. The number of hydrogen-bond acceptors (Lipinski definition) is 4. The number of ether oxygens (including phenoxy) is 1. The van der Waals surface area contributed by atoms with Gasteiger partial charge in [0, 0.05) is 38.8 Å². The molecule has 1 aromatic rings. The molecule has 1 atom stereocenters. The van der Waals surface area contributed by atoms with Crippen LogP contribution < -0.4 is 5.32 Å². The molecule has 0 spiro atoms. The summed E-state index contributed by atoms with van der Waals surface area (Å²) in [5, 5.41) is 12.3. The summed E-state index contributed by atoms with van der Waals surface area (Å²) < 4.78 is 5.21. The third-order valence-electron chi connectivity index (χ3n) is 4.23. The first kappa shape index (κ1) is 20.0. The Morgan fingerprint density at radius 2 is 2.00 bits per heavy atom. The van der Waals surface area contributed by atoms with Gasteiger partial charge in [-0.15, -0.1) is 0 Å². The van der Waals surface area contributed by atoms with Gasteiger partial charge in [0.05, 0.1) is 0 Å². The zero-order valence-corrected chi connectivity index (χ0v) is 15.8. The number of nitrogens with zero attached hydrogens (tertiary/aromatic N) is 2. The lowest BCUT2D eigenvalue weighted by molar-refractivity contribution is 0.0523. The highest BCUT2D eigenvalue weighted by atomic mass is 16.6. The van der Waals surface area contributed by atoms with Gasteiger partial charge in [0.2, 0.25) is 0 Å². The normalized spacial score (nSPS) is 17.7. The van der Waals surface area contributed by atoms with Crippen molar-refractivity contribution in [2.24, 2.45) is 0 Å². The highest BCUT2D eigenvalue weighted by Gasteiger charge is 2.30. The molecule has 0 aromatic heterocycles. The van der Waals surface area contributed by atoms with E-state index in [4.69, 9.17) is 4.74 Å². The molecule has 144 valence electrons. The van der Waals surface area contributed by atoms with Crippen molar-refractivity contribution < 1.29 is 19.4 Å². The summed E-state index contributed by atoms with van der Waals surface area (Å²) in [5.41, 5.74) is 0.474. The summed E-state index contributed by atoms with van der Waals surface area (Å²) in [6.07, 6.45) is -0.525. The Balaban J connectivity index is 1.78. The number of likely N-dealkylation sites (tertiary alicyclic amines) is 1. The van der Waals surface area contributed by atoms with Crippen LogP contribution in [0.3, 0.4) is 0 Å². The average Bonchev–Trinajstić information content (AvgIpc) is 3.00. The molecule has 2 amide bonds. The Kier molecular flexibility index (Phi) is 6.85. The van der Waals surface area contributed by atoms with Crippen LogP contribution in [0.1, 0.15) is 32.8 Å². The van der Waals surface area contributed by atoms with E-state index in [0.717, 1.165) is 18.5 Å². The van der Waals surface area contributed by atoms with Gasteiger partial charge in [-0.1, -0.05) is 30.3 Å². The number of benzene rings is 1. The van der Waals surface area contributed by atoms with Gasteiger partial charge in [-0.25, -0.2) is 9.59 Å². The Morgan fingerprint density at radius 1 is 1.31 bits per heavy atom. The standard InChI is InChI=1S/C19H29N3O4/c1-19(2,3)26-17(23)20-10-12-21-11-9-16(14-21)22(18(24)25)13-15-7-5-4-6-8-15/h4-8,16H,9-14H2,1-3H3,(H,20,23)(H,24,25)/t16-/m0/s1. The second-order valence-corrected chi connectivity index (χ2v) is 7.57. The van der Waals surface area contributed by atoms with Gasteiger partial charge in [-0.2, -0.15) is 0 Å². The molecule has 1 aliphatic heterocycles. The van der Waals surface area contributed by atoms with E-state index in [1.54, 1.807) is 0 Å². The number of alkyl carbamates (subject to hydrolysis) is 1. The van der Waals surface area contributed by atoms with Crippen molar-refractivity contribution in [2.45, 2.75) is 45.4 Å². The quantitative estimate of drug-likeness (QED) is 0.812. The number of carboxylic acid groups (broad SMARTS) is 1. The maximum absolute atomic E-state index is 11.7. The smallest absolute Gasteiger partial charge is 0.407 e. The molecule has 1 aromatic carbocycles. The minimum absolute atomic E-state index is 0.0331. The lowest BCUT2D eigenvalue weighted by Crippen LogP contribution is -2.42. The second kappa shape index (κ2) is 8.89. The molecule has 1 saturated heterocycles. The van der Waals surface area contributed by atoms with Crippen LogP contribution >= 0.6 is 0 Å². The van der Waals surface area contributed by atoms with E-state index in [1.165, 1.54) is 4.90 Å². The molecule has 0 radical (unpaired) electrons. The van der Waals surface area contributed by atoms with Crippen molar-refractivity contribution in [3.05, 3.63) is 35.9 Å². The van der Waals surface area contributed by atoms with Crippen LogP contribution in [0.15, 0.2) is 30.3 Å². The van der Waals surface area contributed by atoms with Crippen molar-refractivity contribution in [2.75, 3.05) is 26.2 Å². The lowest BCUT2D eigenvalue weighted by atomic mass is 10.1. The lowest BCUT2D eigenvalue weighted by Gasteiger charge is -2.26. The Labute approximate surface area is 154 Å². The van der Waals surface area contributed by atoms with Crippen LogP contribution in [0.5, 0.6) is 0 Å². The molecular weight excluding hydrogens is 334 g/mol. The molecule has 0 bridgehead atoms. The van der Waals surface area contributed by atoms with Gasteiger partial charge in [0.1, 0.15) is 5.60 Å². The number of carbonyl (C=O) groups excluding carboxylic acids is 1. The van der Waals surface area contributed by atoms with Crippen LogP contribution in [0, 0.1) is 0 Å². The van der Waals surface area contributed by atoms with E-state index in [2.05, 4.69) is 10.2 Å². The summed E-state index contributed by atoms with van der Waals surface area (Å²) in [6, 6.07) is 9.59. The number of carbonyl (C=O) groups is 2. The van der Waals surface area contributed by atoms with Crippen molar-refractivity contribution in [3.63, 3.8) is 0 Å².